The third-order valence-electron chi connectivity index (χ3n) is 4.03. The minimum atomic E-state index is -0.284. The van der Waals surface area contributed by atoms with Crippen molar-refractivity contribution in [3.63, 3.8) is 0 Å². The van der Waals surface area contributed by atoms with Gasteiger partial charge in [0, 0.05) is 6.21 Å². The van der Waals surface area contributed by atoms with E-state index in [4.69, 9.17) is 14.2 Å². The van der Waals surface area contributed by atoms with Gasteiger partial charge in [0.15, 0.2) is 11.5 Å². The summed E-state index contributed by atoms with van der Waals surface area (Å²) in [6.45, 7) is 2.84. The minimum Gasteiger partial charge on any atom is -0.494 e. The second kappa shape index (κ2) is 10.2. The van der Waals surface area contributed by atoms with E-state index in [0.29, 0.717) is 18.1 Å². The van der Waals surface area contributed by atoms with Gasteiger partial charge in [0.25, 0.3) is 0 Å². The smallest absolute Gasteiger partial charge is 0.174 e. The number of nitrogens with zero attached hydrogens (tertiary/aromatic N) is 1. The summed E-state index contributed by atoms with van der Waals surface area (Å²) in [6.07, 6.45) is 1.77. The molecule has 0 aliphatic rings. The molecule has 0 spiro atoms. The summed E-state index contributed by atoms with van der Waals surface area (Å²) in [6, 6.07) is 17.8. The molecule has 0 amide bonds. The molecule has 0 aliphatic carbocycles. The molecule has 29 heavy (non-hydrogen) atoms. The van der Waals surface area contributed by atoms with Crippen molar-refractivity contribution in [1.29, 1.82) is 0 Å². The van der Waals surface area contributed by atoms with E-state index in [1.165, 1.54) is 12.1 Å². The molecular weight excluding hydrogens is 484 g/mol. The summed E-state index contributed by atoms with van der Waals surface area (Å²) in [5.41, 5.74) is 2.47. The first kappa shape index (κ1) is 21.1. The molecule has 0 atom stereocenters. The number of rotatable bonds is 8. The average Bonchev–Trinajstić information content (AvgIpc) is 2.72. The van der Waals surface area contributed by atoms with Gasteiger partial charge < -0.3 is 14.2 Å². The number of hydrogen-bond donors (Lipinski definition) is 0. The molecule has 6 heteroatoms. The Kier molecular flexibility index (Phi) is 7.46. The fraction of sp³-hybridized carbons (Fsp3) is 0.174. The second-order valence-corrected chi connectivity index (χ2v) is 7.30. The monoisotopic (exact) mass is 505 g/mol. The SMILES string of the molecule is CCOc1ccc(N=Cc2cc(I)c(OCc3cccc(F)c3)c(OC)c2)cc1. The van der Waals surface area contributed by atoms with Gasteiger partial charge in [-0.25, -0.2) is 4.39 Å². The van der Waals surface area contributed by atoms with Crippen molar-refractivity contribution in [3.05, 3.63) is 81.2 Å². The zero-order valence-corrected chi connectivity index (χ0v) is 18.4. The Balaban J connectivity index is 1.75. The average molecular weight is 505 g/mol. The standard InChI is InChI=1S/C23H21FINO3/c1-3-28-20-9-7-19(8-10-20)26-14-17-12-21(25)23(22(13-17)27-2)29-15-16-5-4-6-18(24)11-16/h4-14H,3,15H2,1-2H3. The minimum absolute atomic E-state index is 0.254. The molecule has 150 valence electrons. The molecule has 0 saturated heterocycles. The highest BCUT2D eigenvalue weighted by Gasteiger charge is 2.11. The highest BCUT2D eigenvalue weighted by molar-refractivity contribution is 14.1. The quantitative estimate of drug-likeness (QED) is 0.272. The molecule has 0 saturated carbocycles. The highest BCUT2D eigenvalue weighted by atomic mass is 127. The summed E-state index contributed by atoms with van der Waals surface area (Å²) in [5, 5.41) is 0. The van der Waals surface area contributed by atoms with Gasteiger partial charge in [-0.05, 0) is 89.2 Å². The van der Waals surface area contributed by atoms with E-state index in [1.807, 2.05) is 49.4 Å². The Hall–Kier alpha value is -2.61. The number of aliphatic imine (C=N–C) groups is 1. The summed E-state index contributed by atoms with van der Waals surface area (Å²) >= 11 is 2.19. The first-order chi connectivity index (χ1) is 14.1. The van der Waals surface area contributed by atoms with Gasteiger partial charge >= 0.3 is 0 Å². The van der Waals surface area contributed by atoms with Crippen LogP contribution in [0.3, 0.4) is 0 Å². The van der Waals surface area contributed by atoms with E-state index in [9.17, 15) is 4.39 Å². The van der Waals surface area contributed by atoms with Crippen molar-refractivity contribution < 1.29 is 18.6 Å². The van der Waals surface area contributed by atoms with Crippen molar-refractivity contribution in [3.8, 4) is 17.2 Å². The van der Waals surface area contributed by atoms with Crippen molar-refractivity contribution in [1.82, 2.24) is 0 Å². The Morgan fingerprint density at radius 1 is 1.03 bits per heavy atom. The zero-order chi connectivity index (χ0) is 20.6. The second-order valence-electron chi connectivity index (χ2n) is 6.14. The molecule has 0 fully saturated rings. The number of ether oxygens (including phenoxy) is 3. The summed E-state index contributed by atoms with van der Waals surface area (Å²) in [5.74, 6) is 1.76. The number of methoxy groups -OCH3 is 1. The van der Waals surface area contributed by atoms with Gasteiger partial charge in [0.05, 0.1) is 23.0 Å². The Bertz CT molecular complexity index is 990. The zero-order valence-electron chi connectivity index (χ0n) is 16.2. The lowest BCUT2D eigenvalue weighted by Crippen LogP contribution is -2.01. The van der Waals surface area contributed by atoms with Gasteiger partial charge in [-0.1, -0.05) is 12.1 Å². The van der Waals surface area contributed by atoms with Crippen molar-refractivity contribution >= 4 is 34.5 Å². The molecule has 3 aromatic carbocycles. The first-order valence-electron chi connectivity index (χ1n) is 9.10. The third-order valence-corrected chi connectivity index (χ3v) is 4.84. The maximum Gasteiger partial charge on any atom is 0.174 e. The summed E-state index contributed by atoms with van der Waals surface area (Å²) in [7, 11) is 1.59. The lowest BCUT2D eigenvalue weighted by atomic mass is 10.2. The van der Waals surface area contributed by atoms with Crippen molar-refractivity contribution in [2.75, 3.05) is 13.7 Å². The molecule has 3 aromatic rings. The van der Waals surface area contributed by atoms with Gasteiger partial charge in [0.1, 0.15) is 18.2 Å². The van der Waals surface area contributed by atoms with E-state index in [2.05, 4.69) is 27.6 Å². The molecule has 4 nitrogen and oxygen atoms in total. The number of hydrogen-bond acceptors (Lipinski definition) is 4. The summed E-state index contributed by atoms with van der Waals surface area (Å²) < 4.78 is 31.1. The van der Waals surface area contributed by atoms with E-state index >= 15 is 0 Å². The van der Waals surface area contributed by atoms with Crippen LogP contribution in [0.15, 0.2) is 65.7 Å². The van der Waals surface area contributed by atoms with Crippen LogP contribution >= 0.6 is 22.6 Å². The molecule has 0 heterocycles. The molecule has 0 aliphatic heterocycles. The number of benzene rings is 3. The van der Waals surface area contributed by atoms with Gasteiger partial charge in [-0.3, -0.25) is 4.99 Å². The van der Waals surface area contributed by atoms with Crippen LogP contribution in [0.5, 0.6) is 17.2 Å². The molecule has 0 bridgehead atoms. The Labute approximate surface area is 183 Å². The van der Waals surface area contributed by atoms with Crippen LogP contribution in [-0.2, 0) is 6.61 Å². The maximum absolute atomic E-state index is 13.4. The van der Waals surface area contributed by atoms with Crippen LogP contribution in [0.2, 0.25) is 0 Å². The lowest BCUT2D eigenvalue weighted by Gasteiger charge is -2.13. The highest BCUT2D eigenvalue weighted by Crippen LogP contribution is 2.34. The fourth-order valence-corrected chi connectivity index (χ4v) is 3.46. The third kappa shape index (κ3) is 5.93. The lowest BCUT2D eigenvalue weighted by molar-refractivity contribution is 0.282. The van der Waals surface area contributed by atoms with E-state index < -0.39 is 0 Å². The van der Waals surface area contributed by atoms with Crippen LogP contribution in [0, 0.1) is 9.39 Å². The van der Waals surface area contributed by atoms with Gasteiger partial charge in [0.2, 0.25) is 0 Å². The Morgan fingerprint density at radius 2 is 1.83 bits per heavy atom. The van der Waals surface area contributed by atoms with Crippen LogP contribution < -0.4 is 14.2 Å². The molecule has 0 radical (unpaired) electrons. The maximum atomic E-state index is 13.4. The van der Waals surface area contributed by atoms with Crippen LogP contribution in [0.4, 0.5) is 10.1 Å². The van der Waals surface area contributed by atoms with E-state index in [1.54, 1.807) is 19.4 Å². The molecule has 3 rings (SSSR count). The van der Waals surface area contributed by atoms with Crippen molar-refractivity contribution in [2.45, 2.75) is 13.5 Å². The van der Waals surface area contributed by atoms with E-state index in [-0.39, 0.29) is 12.4 Å². The van der Waals surface area contributed by atoms with Crippen LogP contribution in [0.1, 0.15) is 18.1 Å². The van der Waals surface area contributed by atoms with E-state index in [0.717, 1.165) is 26.1 Å². The predicted octanol–water partition coefficient (Wildman–Crippen LogP) is 6.17. The molecule has 0 aromatic heterocycles. The predicted molar refractivity (Wildman–Crippen MR) is 121 cm³/mol. The largest absolute Gasteiger partial charge is 0.494 e. The number of halogens is 2. The van der Waals surface area contributed by atoms with Gasteiger partial charge in [-0.2, -0.15) is 0 Å². The fourth-order valence-electron chi connectivity index (χ4n) is 2.68. The topological polar surface area (TPSA) is 40.0 Å². The molecule has 0 unspecified atom stereocenters. The van der Waals surface area contributed by atoms with Gasteiger partial charge in [-0.15, -0.1) is 0 Å². The summed E-state index contributed by atoms with van der Waals surface area (Å²) in [4.78, 5) is 4.51. The van der Waals surface area contributed by atoms with Crippen molar-refractivity contribution in [2.24, 2.45) is 4.99 Å². The van der Waals surface area contributed by atoms with Crippen LogP contribution in [-0.4, -0.2) is 19.9 Å². The van der Waals surface area contributed by atoms with Crippen LogP contribution in [0.25, 0.3) is 0 Å². The molecular formula is C23H21FINO3. The normalized spacial score (nSPS) is 10.9. The first-order valence-corrected chi connectivity index (χ1v) is 10.2. The molecule has 0 N–H and O–H groups in total. The Morgan fingerprint density at radius 3 is 2.52 bits per heavy atom.